The Labute approximate surface area is 229 Å². The van der Waals surface area contributed by atoms with Crippen LogP contribution in [0.15, 0.2) is 35.1 Å². The molecule has 2 fully saturated rings. The number of fused-ring (bicyclic) bond motifs is 1. The summed E-state index contributed by atoms with van der Waals surface area (Å²) in [5.41, 5.74) is 1.82. The molecule has 0 spiro atoms. The topological polar surface area (TPSA) is 87.3 Å². The van der Waals surface area contributed by atoms with Gasteiger partial charge in [-0.3, -0.25) is 9.47 Å². The fourth-order valence-corrected chi connectivity index (χ4v) is 5.80. The van der Waals surface area contributed by atoms with Gasteiger partial charge in [0.1, 0.15) is 28.8 Å². The van der Waals surface area contributed by atoms with Crippen LogP contribution >= 0.6 is 0 Å². The van der Waals surface area contributed by atoms with E-state index < -0.39 is 0 Å². The summed E-state index contributed by atoms with van der Waals surface area (Å²) in [6, 6.07) is 10.9. The van der Waals surface area contributed by atoms with Crippen LogP contribution < -0.4 is 15.3 Å². The number of benzene rings is 1. The van der Waals surface area contributed by atoms with Gasteiger partial charge in [-0.1, -0.05) is 26.8 Å². The molecule has 3 aromatic rings. The van der Waals surface area contributed by atoms with E-state index in [9.17, 15) is 10.1 Å². The zero-order valence-electron chi connectivity index (χ0n) is 23.2. The van der Waals surface area contributed by atoms with Crippen LogP contribution in [0.4, 0.5) is 10.2 Å². The Balaban J connectivity index is 1.47. The van der Waals surface area contributed by atoms with Crippen LogP contribution in [0.25, 0.3) is 11.0 Å². The van der Waals surface area contributed by atoms with Crippen molar-refractivity contribution in [3.63, 3.8) is 0 Å². The van der Waals surface area contributed by atoms with E-state index in [1.807, 2.05) is 12.1 Å². The Kier molecular flexibility index (Phi) is 7.85. The van der Waals surface area contributed by atoms with Gasteiger partial charge in [-0.25, -0.2) is 14.2 Å². The highest BCUT2D eigenvalue weighted by molar-refractivity contribution is 5.86. The fraction of sp³-hybridized carbons (Fsp3) is 0.533. The van der Waals surface area contributed by atoms with Crippen molar-refractivity contribution in [1.29, 1.82) is 5.26 Å². The van der Waals surface area contributed by atoms with Gasteiger partial charge in [-0.05, 0) is 56.2 Å². The monoisotopic (exact) mass is 532 g/mol. The molecule has 0 N–H and O–H groups in total. The molecule has 1 aliphatic heterocycles. The smallest absolute Gasteiger partial charge is 0.349 e. The zero-order chi connectivity index (χ0) is 27.7. The van der Waals surface area contributed by atoms with Crippen LogP contribution in [-0.4, -0.2) is 51.2 Å². The van der Waals surface area contributed by atoms with E-state index in [1.54, 1.807) is 19.2 Å². The summed E-state index contributed by atoms with van der Waals surface area (Å²) in [6.45, 7) is 8.34. The van der Waals surface area contributed by atoms with Gasteiger partial charge in [-0.15, -0.1) is 0 Å². The first-order valence-electron chi connectivity index (χ1n) is 14.1. The zero-order valence-corrected chi connectivity index (χ0v) is 23.2. The van der Waals surface area contributed by atoms with Crippen molar-refractivity contribution in [2.75, 3.05) is 24.6 Å². The van der Waals surface area contributed by atoms with E-state index >= 15 is 4.39 Å². The van der Waals surface area contributed by atoms with Crippen molar-refractivity contribution < 1.29 is 9.13 Å². The second-order valence-electron chi connectivity index (χ2n) is 10.8. The molecule has 39 heavy (non-hydrogen) atoms. The predicted molar refractivity (Wildman–Crippen MR) is 149 cm³/mol. The van der Waals surface area contributed by atoms with Gasteiger partial charge in [0.15, 0.2) is 5.82 Å². The number of nitriles is 1. The molecule has 3 atom stereocenters. The first kappa shape index (κ1) is 27.1. The van der Waals surface area contributed by atoms with Crippen molar-refractivity contribution in [2.24, 2.45) is 13.0 Å². The molecule has 206 valence electrons. The number of halogens is 1. The highest BCUT2D eigenvalue weighted by Gasteiger charge is 2.38. The van der Waals surface area contributed by atoms with Gasteiger partial charge in [-0.2, -0.15) is 10.2 Å². The van der Waals surface area contributed by atoms with Gasteiger partial charge in [0.25, 0.3) is 0 Å². The van der Waals surface area contributed by atoms with E-state index in [4.69, 9.17) is 4.74 Å². The van der Waals surface area contributed by atoms with Gasteiger partial charge >= 0.3 is 5.69 Å². The summed E-state index contributed by atoms with van der Waals surface area (Å²) in [5, 5.41) is 9.47. The number of aryl methyl sites for hydroxylation is 1. The van der Waals surface area contributed by atoms with Crippen LogP contribution in [0.1, 0.15) is 70.2 Å². The number of ether oxygens (including phenoxy) is 1. The summed E-state index contributed by atoms with van der Waals surface area (Å²) in [6.07, 6.45) is 4.83. The van der Waals surface area contributed by atoms with E-state index in [0.717, 1.165) is 19.3 Å². The highest BCUT2D eigenvalue weighted by Crippen LogP contribution is 2.37. The lowest BCUT2D eigenvalue weighted by molar-refractivity contribution is 0.0876. The van der Waals surface area contributed by atoms with E-state index in [0.29, 0.717) is 53.8 Å². The van der Waals surface area contributed by atoms with Crippen molar-refractivity contribution in [3.8, 4) is 11.8 Å². The van der Waals surface area contributed by atoms with Crippen molar-refractivity contribution >= 4 is 16.9 Å². The summed E-state index contributed by atoms with van der Waals surface area (Å²) < 4.78 is 22.7. The largest absolute Gasteiger partial charge is 0.493 e. The second-order valence-corrected chi connectivity index (χ2v) is 10.8. The van der Waals surface area contributed by atoms with Gasteiger partial charge in [0.2, 0.25) is 0 Å². The minimum Gasteiger partial charge on any atom is -0.493 e. The SMILES string of the molecule is CCC(c1ccc(OCC2CC2)cc1F)N1C[C@H](CC)N(c2nc(=O)n(C)c3ccc(C#N)nc23)C[C@H]1CC. The summed E-state index contributed by atoms with van der Waals surface area (Å²) >= 11 is 0. The third kappa shape index (κ3) is 5.35. The van der Waals surface area contributed by atoms with Crippen LogP contribution in [-0.2, 0) is 7.05 Å². The number of rotatable bonds is 9. The molecule has 0 radical (unpaired) electrons. The predicted octanol–water partition coefficient (Wildman–Crippen LogP) is 4.96. The molecule has 2 aliphatic rings. The number of pyridine rings is 1. The molecule has 1 aromatic carbocycles. The summed E-state index contributed by atoms with van der Waals surface area (Å²) in [5.74, 6) is 1.50. The van der Waals surface area contributed by atoms with Gasteiger partial charge in [0, 0.05) is 49.9 Å². The number of piperazine rings is 1. The molecule has 5 rings (SSSR count). The van der Waals surface area contributed by atoms with Crippen LogP contribution in [0, 0.1) is 23.1 Å². The number of aromatic nitrogens is 3. The summed E-state index contributed by atoms with van der Waals surface area (Å²) in [7, 11) is 1.67. The minimum atomic E-state index is -0.355. The van der Waals surface area contributed by atoms with Crippen LogP contribution in [0.2, 0.25) is 0 Å². The Morgan fingerprint density at radius 1 is 1.10 bits per heavy atom. The third-order valence-electron chi connectivity index (χ3n) is 8.30. The molecule has 0 bridgehead atoms. The average Bonchev–Trinajstić information content (AvgIpc) is 3.79. The Bertz CT molecular complexity index is 1450. The standard InChI is InChI=1S/C30H37FN6O2/c1-5-21-17-37(29-28-27(35(4)30(38)34-29)13-10-20(15-32)33-28)22(6-2)16-36(21)26(7-3)24-12-11-23(14-25(24)31)39-18-19-8-9-19/h10-14,19,21-22,26H,5-9,16-18H2,1-4H3/t21-,22+,26?/m1/s1. The van der Waals surface area contributed by atoms with Crippen LogP contribution in [0.5, 0.6) is 5.75 Å². The molecule has 3 heterocycles. The highest BCUT2D eigenvalue weighted by atomic mass is 19.1. The lowest BCUT2D eigenvalue weighted by Gasteiger charge is -2.49. The molecule has 1 saturated carbocycles. The first-order chi connectivity index (χ1) is 18.9. The number of anilines is 1. The minimum absolute atomic E-state index is 0.0430. The fourth-order valence-electron chi connectivity index (χ4n) is 5.80. The second kappa shape index (κ2) is 11.3. The molecule has 0 amide bonds. The number of nitrogens with zero attached hydrogens (tertiary/aromatic N) is 6. The summed E-state index contributed by atoms with van der Waals surface area (Å²) in [4.78, 5) is 26.4. The van der Waals surface area contributed by atoms with Crippen LogP contribution in [0.3, 0.4) is 0 Å². The molecule has 9 heteroatoms. The third-order valence-corrected chi connectivity index (χ3v) is 8.30. The lowest BCUT2D eigenvalue weighted by Crippen LogP contribution is -2.59. The number of hydrogen-bond donors (Lipinski definition) is 0. The molecule has 1 aliphatic carbocycles. The molecule has 8 nitrogen and oxygen atoms in total. The number of hydrogen-bond acceptors (Lipinski definition) is 7. The molecule has 2 aromatic heterocycles. The maximum atomic E-state index is 15.5. The maximum absolute atomic E-state index is 15.5. The Hall–Kier alpha value is -3.51. The van der Waals surface area contributed by atoms with Crippen molar-refractivity contribution in [2.45, 2.75) is 71.0 Å². The van der Waals surface area contributed by atoms with E-state index in [2.05, 4.69) is 46.6 Å². The maximum Gasteiger partial charge on any atom is 0.349 e. The quantitative estimate of drug-likeness (QED) is 0.385. The van der Waals surface area contributed by atoms with E-state index in [-0.39, 0.29) is 35.3 Å². The molecule has 1 unspecified atom stereocenters. The normalized spacial score (nSPS) is 20.7. The van der Waals surface area contributed by atoms with Gasteiger partial charge < -0.3 is 9.64 Å². The Morgan fingerprint density at radius 3 is 2.51 bits per heavy atom. The Morgan fingerprint density at radius 2 is 1.87 bits per heavy atom. The molecule has 1 saturated heterocycles. The van der Waals surface area contributed by atoms with Crippen molar-refractivity contribution in [1.82, 2.24) is 19.4 Å². The molecular weight excluding hydrogens is 495 g/mol. The van der Waals surface area contributed by atoms with E-state index in [1.165, 1.54) is 23.5 Å². The first-order valence-corrected chi connectivity index (χ1v) is 14.1. The van der Waals surface area contributed by atoms with Gasteiger partial charge in [0.05, 0.1) is 12.1 Å². The lowest BCUT2D eigenvalue weighted by atomic mass is 9.94. The van der Waals surface area contributed by atoms with Crippen molar-refractivity contribution in [3.05, 3.63) is 57.9 Å². The average molecular weight is 533 g/mol. The molecular formula is C30H37FN6O2.